The van der Waals surface area contributed by atoms with Crippen molar-refractivity contribution in [1.29, 1.82) is 0 Å². The van der Waals surface area contributed by atoms with E-state index in [4.69, 9.17) is 0 Å². The lowest BCUT2D eigenvalue weighted by Crippen LogP contribution is -2.48. The zero-order chi connectivity index (χ0) is 24.0. The van der Waals surface area contributed by atoms with Gasteiger partial charge in [-0.15, -0.1) is 10.2 Å². The topological polar surface area (TPSA) is 67.2 Å². The molecule has 1 aliphatic carbocycles. The molecule has 1 saturated heterocycles. The van der Waals surface area contributed by atoms with Crippen LogP contribution in [0.15, 0.2) is 60.0 Å². The summed E-state index contributed by atoms with van der Waals surface area (Å²) in [6.45, 7) is 6.64. The second-order valence-electron chi connectivity index (χ2n) is 9.68. The van der Waals surface area contributed by atoms with Gasteiger partial charge in [0.15, 0.2) is 11.0 Å². The van der Waals surface area contributed by atoms with E-state index in [2.05, 4.69) is 55.8 Å². The van der Waals surface area contributed by atoms with Gasteiger partial charge in [-0.05, 0) is 36.5 Å². The summed E-state index contributed by atoms with van der Waals surface area (Å²) in [7, 11) is 0. The molecule has 1 aromatic carbocycles. The number of carbonyl (C=O) groups is 1. The molecule has 7 nitrogen and oxygen atoms in total. The molecule has 0 spiro atoms. The summed E-state index contributed by atoms with van der Waals surface area (Å²) in [5.74, 6) is 2.00. The van der Waals surface area contributed by atoms with Crippen molar-refractivity contribution >= 4 is 17.7 Å². The van der Waals surface area contributed by atoms with E-state index in [1.807, 2.05) is 29.3 Å². The number of pyridine rings is 1. The molecule has 3 heterocycles. The molecule has 5 rings (SSSR count). The van der Waals surface area contributed by atoms with E-state index >= 15 is 0 Å². The van der Waals surface area contributed by atoms with Crippen molar-refractivity contribution in [3.63, 3.8) is 0 Å². The van der Waals surface area contributed by atoms with Gasteiger partial charge in [-0.1, -0.05) is 61.9 Å². The fraction of sp³-hybridized carbons (Fsp3) is 0.481. The van der Waals surface area contributed by atoms with Gasteiger partial charge in [0.1, 0.15) is 0 Å². The smallest absolute Gasteiger partial charge is 0.233 e. The van der Waals surface area contributed by atoms with Crippen molar-refractivity contribution in [2.45, 2.75) is 50.4 Å². The SMILES string of the molecule is C[C@H]1CCCC[C@H]1n1c(SCC(=O)N2CCN(Cc3ccccc3)CC2)nnc1-c1cccnc1. The van der Waals surface area contributed by atoms with Crippen molar-refractivity contribution in [1.82, 2.24) is 29.5 Å². The van der Waals surface area contributed by atoms with Crippen LogP contribution in [0.2, 0.25) is 0 Å². The van der Waals surface area contributed by atoms with Gasteiger partial charge >= 0.3 is 0 Å². The lowest BCUT2D eigenvalue weighted by molar-refractivity contribution is -0.130. The van der Waals surface area contributed by atoms with Gasteiger partial charge in [0.25, 0.3) is 0 Å². The zero-order valence-electron chi connectivity index (χ0n) is 20.4. The Hall–Kier alpha value is -2.71. The minimum atomic E-state index is 0.184. The molecule has 2 atom stereocenters. The Balaban J connectivity index is 1.23. The third-order valence-electron chi connectivity index (χ3n) is 7.28. The molecular formula is C27H34N6OS. The first-order valence-corrected chi connectivity index (χ1v) is 13.7. The van der Waals surface area contributed by atoms with Gasteiger partial charge in [-0.3, -0.25) is 19.2 Å². The first-order valence-electron chi connectivity index (χ1n) is 12.7. The van der Waals surface area contributed by atoms with Crippen molar-refractivity contribution < 1.29 is 4.79 Å². The minimum absolute atomic E-state index is 0.184. The number of benzene rings is 1. The average molecular weight is 491 g/mol. The monoisotopic (exact) mass is 490 g/mol. The molecule has 8 heteroatoms. The number of rotatable bonds is 7. The van der Waals surface area contributed by atoms with E-state index in [1.165, 1.54) is 36.6 Å². The van der Waals surface area contributed by atoms with Crippen LogP contribution >= 0.6 is 11.8 Å². The first kappa shape index (κ1) is 24.0. The number of piperazine rings is 1. The van der Waals surface area contributed by atoms with Gasteiger partial charge in [0.2, 0.25) is 5.91 Å². The number of thioether (sulfide) groups is 1. The summed E-state index contributed by atoms with van der Waals surface area (Å²) in [4.78, 5) is 21.8. The Labute approximate surface area is 211 Å². The maximum absolute atomic E-state index is 13.1. The summed E-state index contributed by atoms with van der Waals surface area (Å²) in [6.07, 6.45) is 8.46. The van der Waals surface area contributed by atoms with Crippen LogP contribution < -0.4 is 0 Å². The number of hydrogen-bond donors (Lipinski definition) is 0. The molecule has 35 heavy (non-hydrogen) atoms. The maximum atomic E-state index is 13.1. The molecule has 1 amide bonds. The van der Waals surface area contributed by atoms with E-state index in [-0.39, 0.29) is 5.91 Å². The molecule has 3 aromatic rings. The quantitative estimate of drug-likeness (QED) is 0.454. The molecule has 2 aromatic heterocycles. The number of hydrogen-bond acceptors (Lipinski definition) is 6. The van der Waals surface area contributed by atoms with Gasteiger partial charge < -0.3 is 4.90 Å². The van der Waals surface area contributed by atoms with E-state index in [1.54, 1.807) is 6.20 Å². The summed E-state index contributed by atoms with van der Waals surface area (Å²) < 4.78 is 2.29. The van der Waals surface area contributed by atoms with Crippen LogP contribution in [0.5, 0.6) is 0 Å². The molecule has 2 aliphatic rings. The second-order valence-corrected chi connectivity index (χ2v) is 10.6. The van der Waals surface area contributed by atoms with Crippen LogP contribution in [-0.4, -0.2) is 67.4 Å². The normalized spacial score (nSPS) is 21.2. The predicted molar refractivity (Wildman–Crippen MR) is 139 cm³/mol. The van der Waals surface area contributed by atoms with E-state index < -0.39 is 0 Å². The highest BCUT2D eigenvalue weighted by molar-refractivity contribution is 7.99. The Morgan fingerprint density at radius 2 is 1.80 bits per heavy atom. The predicted octanol–water partition coefficient (Wildman–Crippen LogP) is 4.53. The maximum Gasteiger partial charge on any atom is 0.233 e. The molecule has 2 fully saturated rings. The van der Waals surface area contributed by atoms with E-state index in [0.29, 0.717) is 17.7 Å². The number of carbonyl (C=O) groups excluding carboxylic acids is 1. The van der Waals surface area contributed by atoms with Gasteiger partial charge in [-0.25, -0.2) is 0 Å². The molecule has 0 unspecified atom stereocenters. The minimum Gasteiger partial charge on any atom is -0.339 e. The Kier molecular flexibility index (Phi) is 7.79. The zero-order valence-corrected chi connectivity index (χ0v) is 21.2. The number of aromatic nitrogens is 4. The Morgan fingerprint density at radius 3 is 2.54 bits per heavy atom. The van der Waals surface area contributed by atoms with Crippen LogP contribution in [0.25, 0.3) is 11.4 Å². The summed E-state index contributed by atoms with van der Waals surface area (Å²) >= 11 is 1.53. The molecule has 0 bridgehead atoms. The van der Waals surface area contributed by atoms with Crippen molar-refractivity contribution in [3.8, 4) is 11.4 Å². The van der Waals surface area contributed by atoms with Gasteiger partial charge in [-0.2, -0.15) is 0 Å². The highest BCUT2D eigenvalue weighted by Gasteiger charge is 2.29. The fourth-order valence-electron chi connectivity index (χ4n) is 5.26. The lowest BCUT2D eigenvalue weighted by atomic mass is 9.85. The first-order chi connectivity index (χ1) is 17.2. The third-order valence-corrected chi connectivity index (χ3v) is 8.21. The van der Waals surface area contributed by atoms with Crippen LogP contribution in [0.1, 0.15) is 44.2 Å². The van der Waals surface area contributed by atoms with E-state index in [9.17, 15) is 4.79 Å². The summed E-state index contributed by atoms with van der Waals surface area (Å²) in [6, 6.07) is 14.9. The molecule has 0 N–H and O–H groups in total. The van der Waals surface area contributed by atoms with Crippen LogP contribution in [-0.2, 0) is 11.3 Å². The largest absolute Gasteiger partial charge is 0.339 e. The highest BCUT2D eigenvalue weighted by atomic mass is 32.2. The van der Waals surface area contributed by atoms with Crippen LogP contribution in [0.3, 0.4) is 0 Å². The van der Waals surface area contributed by atoms with Crippen LogP contribution in [0, 0.1) is 5.92 Å². The molecule has 0 radical (unpaired) electrons. The molecule has 184 valence electrons. The Morgan fingerprint density at radius 1 is 1.00 bits per heavy atom. The van der Waals surface area contributed by atoms with Crippen molar-refractivity contribution in [2.24, 2.45) is 5.92 Å². The molecule has 1 aliphatic heterocycles. The summed E-state index contributed by atoms with van der Waals surface area (Å²) in [5, 5.41) is 9.95. The van der Waals surface area contributed by atoms with E-state index in [0.717, 1.165) is 55.7 Å². The number of amides is 1. The third kappa shape index (κ3) is 5.76. The Bertz CT molecular complexity index is 1100. The standard InChI is InChI=1S/C27H34N6OS/c1-21-8-5-6-12-24(21)33-26(23-11-7-13-28-18-23)29-30-27(33)35-20-25(34)32-16-14-31(15-17-32)19-22-9-3-2-4-10-22/h2-4,7,9-11,13,18,21,24H,5-6,8,12,14-17,19-20H2,1H3/t21-,24+/m0/s1. The lowest BCUT2D eigenvalue weighted by Gasteiger charge is -2.35. The van der Waals surface area contributed by atoms with Crippen molar-refractivity contribution in [2.75, 3.05) is 31.9 Å². The van der Waals surface area contributed by atoms with Gasteiger partial charge in [0, 0.05) is 56.7 Å². The average Bonchev–Trinajstić information content (AvgIpc) is 3.33. The summed E-state index contributed by atoms with van der Waals surface area (Å²) in [5.41, 5.74) is 2.30. The van der Waals surface area contributed by atoms with Crippen molar-refractivity contribution in [3.05, 3.63) is 60.4 Å². The highest BCUT2D eigenvalue weighted by Crippen LogP contribution is 2.38. The fourth-order valence-corrected chi connectivity index (χ4v) is 6.16. The van der Waals surface area contributed by atoms with Crippen LogP contribution in [0.4, 0.5) is 0 Å². The number of nitrogens with zero attached hydrogens (tertiary/aromatic N) is 6. The van der Waals surface area contributed by atoms with Gasteiger partial charge in [0.05, 0.1) is 5.75 Å². The molecule has 1 saturated carbocycles. The second kappa shape index (κ2) is 11.4. The molecular weight excluding hydrogens is 456 g/mol.